The van der Waals surface area contributed by atoms with Crippen LogP contribution >= 0.6 is 0 Å². The SMILES string of the molecule is COc1ccc(C(CC(C)C)NC(=O)Cc2ccccc2)cc1. The van der Waals surface area contributed by atoms with Crippen molar-refractivity contribution in [3.63, 3.8) is 0 Å². The summed E-state index contributed by atoms with van der Waals surface area (Å²) >= 11 is 0. The van der Waals surface area contributed by atoms with Crippen molar-refractivity contribution in [2.75, 3.05) is 7.11 Å². The molecule has 2 aromatic carbocycles. The summed E-state index contributed by atoms with van der Waals surface area (Å²) in [6.45, 7) is 4.33. The van der Waals surface area contributed by atoms with Gasteiger partial charge in [0.25, 0.3) is 0 Å². The second-order valence-corrected chi connectivity index (χ2v) is 6.19. The zero-order chi connectivity index (χ0) is 16.7. The molecular weight excluding hydrogens is 286 g/mol. The molecule has 3 heteroatoms. The van der Waals surface area contributed by atoms with Gasteiger partial charge in [0.05, 0.1) is 19.6 Å². The van der Waals surface area contributed by atoms with E-state index >= 15 is 0 Å². The maximum atomic E-state index is 12.4. The molecule has 122 valence electrons. The molecule has 0 aliphatic carbocycles. The van der Waals surface area contributed by atoms with Gasteiger partial charge >= 0.3 is 0 Å². The van der Waals surface area contributed by atoms with Gasteiger partial charge in [-0.2, -0.15) is 0 Å². The Balaban J connectivity index is 2.06. The minimum atomic E-state index is 0.0251. The summed E-state index contributed by atoms with van der Waals surface area (Å²) in [4.78, 5) is 12.4. The van der Waals surface area contributed by atoms with Crippen LogP contribution in [0.2, 0.25) is 0 Å². The fourth-order valence-corrected chi connectivity index (χ4v) is 2.61. The van der Waals surface area contributed by atoms with Crippen molar-refractivity contribution in [1.29, 1.82) is 0 Å². The van der Waals surface area contributed by atoms with Gasteiger partial charge in [-0.3, -0.25) is 4.79 Å². The molecule has 0 aromatic heterocycles. The highest BCUT2D eigenvalue weighted by atomic mass is 16.5. The second-order valence-electron chi connectivity index (χ2n) is 6.19. The van der Waals surface area contributed by atoms with Gasteiger partial charge in [0.2, 0.25) is 5.91 Å². The Morgan fingerprint density at radius 3 is 2.26 bits per heavy atom. The second kappa shape index (κ2) is 8.37. The molecule has 0 bridgehead atoms. The lowest BCUT2D eigenvalue weighted by molar-refractivity contribution is -0.121. The number of hydrogen-bond donors (Lipinski definition) is 1. The van der Waals surface area contributed by atoms with Crippen LogP contribution in [-0.2, 0) is 11.2 Å². The largest absolute Gasteiger partial charge is 0.497 e. The van der Waals surface area contributed by atoms with Crippen LogP contribution in [0, 0.1) is 5.92 Å². The number of ether oxygens (including phenoxy) is 1. The number of carbonyl (C=O) groups is 1. The first-order valence-corrected chi connectivity index (χ1v) is 8.05. The highest BCUT2D eigenvalue weighted by Crippen LogP contribution is 2.23. The summed E-state index contributed by atoms with van der Waals surface area (Å²) in [5.74, 6) is 1.38. The molecule has 1 amide bonds. The van der Waals surface area contributed by atoms with E-state index in [0.29, 0.717) is 12.3 Å². The first kappa shape index (κ1) is 17.1. The molecular formula is C20H25NO2. The summed E-state index contributed by atoms with van der Waals surface area (Å²) in [6.07, 6.45) is 1.32. The topological polar surface area (TPSA) is 38.3 Å². The van der Waals surface area contributed by atoms with Gasteiger partial charge in [-0.25, -0.2) is 0 Å². The molecule has 2 rings (SSSR count). The average molecular weight is 311 g/mol. The van der Waals surface area contributed by atoms with Gasteiger partial charge < -0.3 is 10.1 Å². The Morgan fingerprint density at radius 1 is 1.04 bits per heavy atom. The molecule has 0 saturated carbocycles. The van der Waals surface area contributed by atoms with Gasteiger partial charge in [0.1, 0.15) is 5.75 Å². The van der Waals surface area contributed by atoms with Gasteiger partial charge in [0, 0.05) is 0 Å². The number of carbonyl (C=O) groups excluding carboxylic acids is 1. The average Bonchev–Trinajstić information content (AvgIpc) is 2.55. The lowest BCUT2D eigenvalue weighted by Gasteiger charge is -2.21. The van der Waals surface area contributed by atoms with Crippen LogP contribution in [0.1, 0.15) is 37.4 Å². The van der Waals surface area contributed by atoms with Crippen molar-refractivity contribution >= 4 is 5.91 Å². The van der Waals surface area contributed by atoms with Crippen LogP contribution in [0.5, 0.6) is 5.75 Å². The number of hydrogen-bond acceptors (Lipinski definition) is 2. The zero-order valence-corrected chi connectivity index (χ0v) is 14.1. The van der Waals surface area contributed by atoms with E-state index in [1.54, 1.807) is 7.11 Å². The van der Waals surface area contributed by atoms with Crippen LogP contribution in [0.3, 0.4) is 0 Å². The van der Waals surface area contributed by atoms with Crippen LogP contribution in [-0.4, -0.2) is 13.0 Å². The van der Waals surface area contributed by atoms with E-state index in [1.807, 2.05) is 54.6 Å². The molecule has 0 aliphatic heterocycles. The quantitative estimate of drug-likeness (QED) is 0.834. The van der Waals surface area contributed by atoms with Crippen molar-refractivity contribution in [3.05, 3.63) is 65.7 Å². The van der Waals surface area contributed by atoms with Crippen LogP contribution in [0.4, 0.5) is 0 Å². The number of nitrogens with one attached hydrogen (secondary N) is 1. The van der Waals surface area contributed by atoms with Crippen LogP contribution in [0.25, 0.3) is 0 Å². The van der Waals surface area contributed by atoms with Gasteiger partial charge in [0.15, 0.2) is 0 Å². The Morgan fingerprint density at radius 2 is 1.70 bits per heavy atom. The Bertz CT molecular complexity index is 605. The predicted molar refractivity (Wildman–Crippen MR) is 93.5 cm³/mol. The molecule has 3 nitrogen and oxygen atoms in total. The first-order chi connectivity index (χ1) is 11.1. The van der Waals surface area contributed by atoms with Gasteiger partial charge in [-0.05, 0) is 35.6 Å². The molecule has 23 heavy (non-hydrogen) atoms. The standard InChI is InChI=1S/C20H25NO2/c1-15(2)13-19(17-9-11-18(23-3)12-10-17)21-20(22)14-16-7-5-4-6-8-16/h4-12,15,19H,13-14H2,1-3H3,(H,21,22). The molecule has 0 saturated heterocycles. The monoisotopic (exact) mass is 311 g/mol. The fraction of sp³-hybridized carbons (Fsp3) is 0.350. The van der Waals surface area contributed by atoms with Crippen molar-refractivity contribution in [2.45, 2.75) is 32.7 Å². The molecule has 0 heterocycles. The molecule has 1 N–H and O–H groups in total. The number of methoxy groups -OCH3 is 1. The first-order valence-electron chi connectivity index (χ1n) is 8.05. The third kappa shape index (κ3) is 5.44. The minimum absolute atomic E-state index is 0.0251. The number of amides is 1. The van der Waals surface area contributed by atoms with E-state index in [9.17, 15) is 4.79 Å². The van der Waals surface area contributed by atoms with Crippen molar-refractivity contribution in [2.24, 2.45) is 5.92 Å². The minimum Gasteiger partial charge on any atom is -0.497 e. The number of rotatable bonds is 7. The van der Waals surface area contributed by atoms with E-state index in [1.165, 1.54) is 0 Å². The van der Waals surface area contributed by atoms with E-state index in [-0.39, 0.29) is 11.9 Å². The molecule has 0 spiro atoms. The summed E-state index contributed by atoms with van der Waals surface area (Å²) in [6, 6.07) is 17.8. The summed E-state index contributed by atoms with van der Waals surface area (Å²) in [7, 11) is 1.66. The summed E-state index contributed by atoms with van der Waals surface area (Å²) in [5, 5.41) is 3.17. The van der Waals surface area contributed by atoms with E-state index in [2.05, 4.69) is 19.2 Å². The lowest BCUT2D eigenvalue weighted by atomic mass is 9.96. The summed E-state index contributed by atoms with van der Waals surface area (Å²) in [5.41, 5.74) is 2.14. The lowest BCUT2D eigenvalue weighted by Crippen LogP contribution is -2.30. The predicted octanol–water partition coefficient (Wildman–Crippen LogP) is 4.14. The Hall–Kier alpha value is -2.29. The highest BCUT2D eigenvalue weighted by molar-refractivity contribution is 5.79. The van der Waals surface area contributed by atoms with E-state index < -0.39 is 0 Å². The van der Waals surface area contributed by atoms with E-state index in [0.717, 1.165) is 23.3 Å². The van der Waals surface area contributed by atoms with Crippen LogP contribution < -0.4 is 10.1 Å². The number of benzene rings is 2. The Kier molecular flexibility index (Phi) is 6.21. The molecule has 0 fully saturated rings. The van der Waals surface area contributed by atoms with Crippen molar-refractivity contribution in [1.82, 2.24) is 5.32 Å². The third-order valence-corrected chi connectivity index (χ3v) is 3.77. The van der Waals surface area contributed by atoms with Crippen molar-refractivity contribution < 1.29 is 9.53 Å². The summed E-state index contributed by atoms with van der Waals surface area (Å²) < 4.78 is 5.20. The molecule has 1 unspecified atom stereocenters. The zero-order valence-electron chi connectivity index (χ0n) is 14.1. The smallest absolute Gasteiger partial charge is 0.224 e. The molecule has 0 radical (unpaired) electrons. The molecule has 0 aliphatic rings. The molecule has 1 atom stereocenters. The normalized spacial score (nSPS) is 12.0. The van der Waals surface area contributed by atoms with E-state index in [4.69, 9.17) is 4.74 Å². The third-order valence-electron chi connectivity index (χ3n) is 3.77. The van der Waals surface area contributed by atoms with Gasteiger partial charge in [-0.1, -0.05) is 56.3 Å². The van der Waals surface area contributed by atoms with Crippen molar-refractivity contribution in [3.8, 4) is 5.75 Å². The van der Waals surface area contributed by atoms with Gasteiger partial charge in [-0.15, -0.1) is 0 Å². The van der Waals surface area contributed by atoms with Crippen LogP contribution in [0.15, 0.2) is 54.6 Å². The maximum absolute atomic E-state index is 12.4. The fourth-order valence-electron chi connectivity index (χ4n) is 2.61. The highest BCUT2D eigenvalue weighted by Gasteiger charge is 2.16. The molecule has 2 aromatic rings. The maximum Gasteiger partial charge on any atom is 0.224 e. The Labute approximate surface area is 138 Å².